The molecule has 0 aliphatic carbocycles. The van der Waals surface area contributed by atoms with E-state index in [4.69, 9.17) is 0 Å². The molecule has 5 heteroatoms. The number of rotatable bonds is 2. The highest BCUT2D eigenvalue weighted by Crippen LogP contribution is 2.02. The Morgan fingerprint density at radius 2 is 2.30 bits per heavy atom. The second-order valence-electron chi connectivity index (χ2n) is 1.50. The number of thiazole rings is 1. The Balaban J connectivity index is 0. The lowest BCUT2D eigenvalue weighted by Crippen LogP contribution is -2.02. The molecule has 0 atom stereocenters. The molecular formula is C5H10Cl2N2S. The lowest BCUT2D eigenvalue weighted by Gasteiger charge is -1.88. The minimum atomic E-state index is 0. The molecule has 60 valence electrons. The fourth-order valence-electron chi connectivity index (χ4n) is 0.504. The van der Waals surface area contributed by atoms with E-state index in [0.717, 1.165) is 6.54 Å². The maximum absolute atomic E-state index is 3.92. The van der Waals surface area contributed by atoms with E-state index < -0.39 is 0 Å². The van der Waals surface area contributed by atoms with E-state index in [-0.39, 0.29) is 24.8 Å². The van der Waals surface area contributed by atoms with Crippen LogP contribution in [0.4, 0.5) is 0 Å². The second kappa shape index (κ2) is 7.28. The zero-order valence-electron chi connectivity index (χ0n) is 5.53. The quantitative estimate of drug-likeness (QED) is 0.787. The smallest absolute Gasteiger partial charge is 0.0794 e. The molecule has 0 radical (unpaired) electrons. The zero-order valence-corrected chi connectivity index (χ0v) is 7.98. The van der Waals surface area contributed by atoms with Crippen LogP contribution in [-0.2, 0) is 6.54 Å². The molecule has 0 aromatic carbocycles. The van der Waals surface area contributed by atoms with E-state index in [1.807, 2.05) is 18.8 Å². The Labute approximate surface area is 76.9 Å². The molecule has 1 rings (SSSR count). The summed E-state index contributed by atoms with van der Waals surface area (Å²) < 4.78 is 0. The SMILES string of the molecule is CNCc1cncs1.Cl.Cl. The van der Waals surface area contributed by atoms with Crippen molar-refractivity contribution in [3.63, 3.8) is 0 Å². The molecule has 0 amide bonds. The Morgan fingerprint density at radius 1 is 1.60 bits per heavy atom. The monoisotopic (exact) mass is 200 g/mol. The molecule has 0 aliphatic rings. The normalized spacial score (nSPS) is 7.70. The first-order valence-corrected chi connectivity index (χ1v) is 3.33. The summed E-state index contributed by atoms with van der Waals surface area (Å²) in [6.07, 6.45) is 1.88. The minimum absolute atomic E-state index is 0. The fraction of sp³-hybridized carbons (Fsp3) is 0.400. The summed E-state index contributed by atoms with van der Waals surface area (Å²) in [5.41, 5.74) is 1.84. The van der Waals surface area contributed by atoms with Crippen molar-refractivity contribution in [1.82, 2.24) is 10.3 Å². The van der Waals surface area contributed by atoms with Crippen molar-refractivity contribution in [2.75, 3.05) is 7.05 Å². The van der Waals surface area contributed by atoms with Gasteiger partial charge >= 0.3 is 0 Å². The van der Waals surface area contributed by atoms with E-state index in [2.05, 4.69) is 10.3 Å². The highest BCUT2D eigenvalue weighted by atomic mass is 35.5. The first-order valence-electron chi connectivity index (χ1n) is 2.45. The van der Waals surface area contributed by atoms with Gasteiger partial charge in [-0.3, -0.25) is 4.98 Å². The Kier molecular flexibility index (Phi) is 9.33. The Hall–Kier alpha value is 0.170. The maximum atomic E-state index is 3.92. The molecule has 0 fully saturated rings. The maximum Gasteiger partial charge on any atom is 0.0794 e. The van der Waals surface area contributed by atoms with E-state index >= 15 is 0 Å². The summed E-state index contributed by atoms with van der Waals surface area (Å²) in [6.45, 7) is 0.935. The number of halogens is 2. The van der Waals surface area contributed by atoms with Gasteiger partial charge in [0.25, 0.3) is 0 Å². The molecule has 1 aromatic heterocycles. The van der Waals surface area contributed by atoms with Crippen LogP contribution in [0, 0.1) is 0 Å². The van der Waals surface area contributed by atoms with Gasteiger partial charge in [0, 0.05) is 17.6 Å². The van der Waals surface area contributed by atoms with E-state index in [1.165, 1.54) is 4.88 Å². The highest BCUT2D eigenvalue weighted by Gasteiger charge is 1.87. The predicted octanol–water partition coefficient (Wildman–Crippen LogP) is 1.71. The van der Waals surface area contributed by atoms with Crippen molar-refractivity contribution < 1.29 is 0 Å². The van der Waals surface area contributed by atoms with Gasteiger partial charge in [-0.1, -0.05) is 0 Å². The van der Waals surface area contributed by atoms with Crippen LogP contribution in [0.1, 0.15) is 4.88 Å². The molecule has 2 nitrogen and oxygen atoms in total. The van der Waals surface area contributed by atoms with Gasteiger partial charge in [-0.15, -0.1) is 36.2 Å². The van der Waals surface area contributed by atoms with Crippen LogP contribution in [0.15, 0.2) is 11.7 Å². The first kappa shape index (κ1) is 12.8. The van der Waals surface area contributed by atoms with Crippen LogP contribution in [-0.4, -0.2) is 12.0 Å². The van der Waals surface area contributed by atoms with Gasteiger partial charge in [0.1, 0.15) is 0 Å². The standard InChI is InChI=1S/C5H8N2S.2ClH/c1-6-2-5-3-7-4-8-5;;/h3-4,6H,2H2,1H3;2*1H. The van der Waals surface area contributed by atoms with E-state index in [1.54, 1.807) is 11.3 Å². The van der Waals surface area contributed by atoms with Gasteiger partial charge in [0.05, 0.1) is 5.51 Å². The van der Waals surface area contributed by atoms with Crippen LogP contribution < -0.4 is 5.32 Å². The summed E-state index contributed by atoms with van der Waals surface area (Å²) in [6, 6.07) is 0. The number of aromatic nitrogens is 1. The molecule has 0 saturated carbocycles. The third kappa shape index (κ3) is 4.06. The molecule has 0 unspecified atom stereocenters. The van der Waals surface area contributed by atoms with Gasteiger partial charge in [0.15, 0.2) is 0 Å². The van der Waals surface area contributed by atoms with Crippen LogP contribution in [0.25, 0.3) is 0 Å². The summed E-state index contributed by atoms with van der Waals surface area (Å²) >= 11 is 1.67. The number of nitrogens with one attached hydrogen (secondary N) is 1. The topological polar surface area (TPSA) is 24.9 Å². The third-order valence-electron chi connectivity index (χ3n) is 0.834. The van der Waals surface area contributed by atoms with Crippen LogP contribution in [0.2, 0.25) is 0 Å². The van der Waals surface area contributed by atoms with Crippen LogP contribution in [0.5, 0.6) is 0 Å². The van der Waals surface area contributed by atoms with Crippen molar-refractivity contribution in [1.29, 1.82) is 0 Å². The largest absolute Gasteiger partial charge is 0.315 e. The lowest BCUT2D eigenvalue weighted by molar-refractivity contribution is 0.829. The number of nitrogens with zero attached hydrogens (tertiary/aromatic N) is 1. The molecule has 1 heterocycles. The summed E-state index contributed by atoms with van der Waals surface area (Å²) in [7, 11) is 1.93. The van der Waals surface area contributed by atoms with Crippen molar-refractivity contribution in [3.05, 3.63) is 16.6 Å². The molecule has 10 heavy (non-hydrogen) atoms. The summed E-state index contributed by atoms with van der Waals surface area (Å²) in [5, 5.41) is 3.04. The van der Waals surface area contributed by atoms with Gasteiger partial charge in [-0.25, -0.2) is 0 Å². The van der Waals surface area contributed by atoms with Gasteiger partial charge < -0.3 is 5.32 Å². The molecule has 1 N–H and O–H groups in total. The van der Waals surface area contributed by atoms with Crippen LogP contribution >= 0.6 is 36.2 Å². The Morgan fingerprint density at radius 3 is 2.70 bits per heavy atom. The van der Waals surface area contributed by atoms with E-state index in [9.17, 15) is 0 Å². The first-order chi connectivity index (χ1) is 3.93. The molecule has 1 aromatic rings. The van der Waals surface area contributed by atoms with Gasteiger partial charge in [-0.2, -0.15) is 0 Å². The zero-order chi connectivity index (χ0) is 5.82. The molecule has 0 aliphatic heterocycles. The molecular weight excluding hydrogens is 191 g/mol. The van der Waals surface area contributed by atoms with Gasteiger partial charge in [0.2, 0.25) is 0 Å². The summed E-state index contributed by atoms with van der Waals surface area (Å²) in [4.78, 5) is 5.20. The summed E-state index contributed by atoms with van der Waals surface area (Å²) in [5.74, 6) is 0. The molecule has 0 bridgehead atoms. The number of hydrogen-bond acceptors (Lipinski definition) is 3. The minimum Gasteiger partial charge on any atom is -0.315 e. The van der Waals surface area contributed by atoms with Crippen LogP contribution in [0.3, 0.4) is 0 Å². The van der Waals surface area contributed by atoms with Crippen molar-refractivity contribution in [2.24, 2.45) is 0 Å². The molecule has 0 spiro atoms. The fourth-order valence-corrected chi connectivity index (χ4v) is 1.11. The predicted molar refractivity (Wildman–Crippen MR) is 49.4 cm³/mol. The van der Waals surface area contributed by atoms with E-state index in [0.29, 0.717) is 0 Å². The van der Waals surface area contributed by atoms with Crippen molar-refractivity contribution in [2.45, 2.75) is 6.54 Å². The van der Waals surface area contributed by atoms with Crippen molar-refractivity contribution >= 4 is 36.2 Å². The van der Waals surface area contributed by atoms with Crippen molar-refractivity contribution in [3.8, 4) is 0 Å². The second-order valence-corrected chi connectivity index (χ2v) is 2.47. The average molecular weight is 201 g/mol. The third-order valence-corrected chi connectivity index (χ3v) is 1.61. The number of hydrogen-bond donors (Lipinski definition) is 1. The van der Waals surface area contributed by atoms with Gasteiger partial charge in [-0.05, 0) is 7.05 Å². The lowest BCUT2D eigenvalue weighted by atomic mass is 10.5. The highest BCUT2D eigenvalue weighted by molar-refractivity contribution is 7.09. The molecule has 0 saturated heterocycles. The average Bonchev–Trinajstić information content (AvgIpc) is 2.19. The Bertz CT molecular complexity index is 143.